The summed E-state index contributed by atoms with van der Waals surface area (Å²) in [5.74, 6) is -0.382. The van der Waals surface area contributed by atoms with E-state index in [4.69, 9.17) is 0 Å². The Morgan fingerprint density at radius 3 is 2.33 bits per heavy atom. The number of hydrogen-bond acceptors (Lipinski definition) is 3. The van der Waals surface area contributed by atoms with E-state index in [1.165, 1.54) is 0 Å². The van der Waals surface area contributed by atoms with Gasteiger partial charge in [0, 0.05) is 9.26 Å². The van der Waals surface area contributed by atoms with Crippen LogP contribution in [0.15, 0.2) is 48.5 Å². The Bertz CT molecular complexity index is 820. The van der Waals surface area contributed by atoms with E-state index in [1.54, 1.807) is 24.3 Å². The van der Waals surface area contributed by atoms with Gasteiger partial charge in [0.2, 0.25) is 15.9 Å². The smallest absolute Gasteiger partial charge is 0.245 e. The van der Waals surface area contributed by atoms with Crippen LogP contribution < -0.4 is 9.62 Å². The van der Waals surface area contributed by atoms with Gasteiger partial charge in [-0.3, -0.25) is 9.10 Å². The highest BCUT2D eigenvalue weighted by Gasteiger charge is 2.22. The molecule has 0 heterocycles. The molecule has 1 N–H and O–H groups in total. The van der Waals surface area contributed by atoms with Crippen molar-refractivity contribution in [2.24, 2.45) is 0 Å². The molecule has 5 nitrogen and oxygen atoms in total. The normalized spacial score (nSPS) is 11.1. The number of hydrogen-bond donors (Lipinski definition) is 1. The van der Waals surface area contributed by atoms with Crippen LogP contribution in [0.4, 0.5) is 11.4 Å². The molecule has 0 aliphatic carbocycles. The third kappa shape index (κ3) is 4.94. The molecule has 0 spiro atoms. The monoisotopic (exact) mass is 458 g/mol. The van der Waals surface area contributed by atoms with Crippen molar-refractivity contribution in [2.45, 2.75) is 13.3 Å². The first kappa shape index (κ1) is 18.7. The fraction of sp³-hybridized carbons (Fsp3) is 0.235. The molecule has 128 valence electrons. The van der Waals surface area contributed by atoms with Crippen molar-refractivity contribution in [2.75, 3.05) is 22.4 Å². The average molecular weight is 458 g/mol. The number of sulfonamides is 1. The number of para-hydroxylation sites is 1. The minimum atomic E-state index is -3.57. The van der Waals surface area contributed by atoms with Crippen LogP contribution in [0.25, 0.3) is 0 Å². The van der Waals surface area contributed by atoms with E-state index < -0.39 is 10.0 Å². The Hall–Kier alpha value is -1.61. The standard InChI is InChI=1S/C17H19IN2O3S/c1-3-13-6-4-5-7-16(13)20(24(2,22)23)12-17(21)19-15-10-8-14(18)9-11-15/h4-11H,3,12H2,1-2H3,(H,19,21). The molecule has 7 heteroatoms. The van der Waals surface area contributed by atoms with Crippen molar-refractivity contribution in [3.8, 4) is 0 Å². The quantitative estimate of drug-likeness (QED) is 0.676. The van der Waals surface area contributed by atoms with Gasteiger partial charge in [0.15, 0.2) is 0 Å². The largest absolute Gasteiger partial charge is 0.325 e. The van der Waals surface area contributed by atoms with Crippen molar-refractivity contribution in [3.05, 3.63) is 57.7 Å². The molecule has 0 fully saturated rings. The molecule has 0 aromatic heterocycles. The number of benzene rings is 2. The highest BCUT2D eigenvalue weighted by molar-refractivity contribution is 14.1. The summed E-state index contributed by atoms with van der Waals surface area (Å²) in [6.07, 6.45) is 1.79. The van der Waals surface area contributed by atoms with Gasteiger partial charge < -0.3 is 5.32 Å². The molecule has 2 aromatic carbocycles. The van der Waals surface area contributed by atoms with Gasteiger partial charge in [-0.1, -0.05) is 25.1 Å². The zero-order valence-electron chi connectivity index (χ0n) is 13.5. The molecule has 0 unspecified atom stereocenters. The van der Waals surface area contributed by atoms with E-state index in [1.807, 2.05) is 31.2 Å². The van der Waals surface area contributed by atoms with Crippen molar-refractivity contribution >= 4 is 49.9 Å². The first-order valence-corrected chi connectivity index (χ1v) is 10.3. The number of carbonyl (C=O) groups excluding carboxylic acids is 1. The zero-order valence-corrected chi connectivity index (χ0v) is 16.5. The van der Waals surface area contributed by atoms with Gasteiger partial charge in [0.25, 0.3) is 0 Å². The minimum Gasteiger partial charge on any atom is -0.325 e. The summed E-state index contributed by atoms with van der Waals surface area (Å²) in [5, 5.41) is 2.73. The topological polar surface area (TPSA) is 66.5 Å². The molecule has 0 radical (unpaired) electrons. The lowest BCUT2D eigenvalue weighted by atomic mass is 10.1. The Labute approximate surface area is 156 Å². The summed E-state index contributed by atoms with van der Waals surface area (Å²) < 4.78 is 26.6. The van der Waals surface area contributed by atoms with Crippen molar-refractivity contribution in [1.82, 2.24) is 0 Å². The third-order valence-corrected chi connectivity index (χ3v) is 5.30. The molecular formula is C17H19IN2O3S. The Morgan fingerprint density at radius 1 is 1.12 bits per heavy atom. The van der Waals surface area contributed by atoms with Gasteiger partial charge in [-0.2, -0.15) is 0 Å². The number of carbonyl (C=O) groups is 1. The molecule has 24 heavy (non-hydrogen) atoms. The van der Waals surface area contributed by atoms with E-state index in [2.05, 4.69) is 27.9 Å². The predicted octanol–water partition coefficient (Wildman–Crippen LogP) is 3.26. The maximum absolute atomic E-state index is 12.3. The molecule has 0 atom stereocenters. The van der Waals surface area contributed by atoms with Gasteiger partial charge in [-0.15, -0.1) is 0 Å². The second-order valence-electron chi connectivity index (χ2n) is 5.31. The van der Waals surface area contributed by atoms with Crippen molar-refractivity contribution < 1.29 is 13.2 Å². The first-order valence-electron chi connectivity index (χ1n) is 7.42. The lowest BCUT2D eigenvalue weighted by Gasteiger charge is -2.24. The van der Waals surface area contributed by atoms with Crippen LogP contribution in [0.5, 0.6) is 0 Å². The highest BCUT2D eigenvalue weighted by Crippen LogP contribution is 2.23. The summed E-state index contributed by atoms with van der Waals surface area (Å²) in [6.45, 7) is 1.69. The van der Waals surface area contributed by atoms with E-state index in [9.17, 15) is 13.2 Å². The molecule has 0 bridgehead atoms. The van der Waals surface area contributed by atoms with Crippen LogP contribution in [0.1, 0.15) is 12.5 Å². The maximum atomic E-state index is 12.3. The first-order chi connectivity index (χ1) is 11.3. The molecular weight excluding hydrogens is 439 g/mol. The van der Waals surface area contributed by atoms with Crippen LogP contribution in [-0.4, -0.2) is 27.1 Å². The van der Waals surface area contributed by atoms with E-state index in [0.29, 0.717) is 17.8 Å². The fourth-order valence-corrected chi connectivity index (χ4v) is 3.55. The summed E-state index contributed by atoms with van der Waals surface area (Å²) in [4.78, 5) is 12.3. The summed E-state index contributed by atoms with van der Waals surface area (Å²) >= 11 is 2.18. The fourth-order valence-electron chi connectivity index (χ4n) is 2.30. The van der Waals surface area contributed by atoms with Gasteiger partial charge in [-0.25, -0.2) is 8.42 Å². The van der Waals surface area contributed by atoms with E-state index >= 15 is 0 Å². The number of amides is 1. The molecule has 1 amide bonds. The predicted molar refractivity (Wildman–Crippen MR) is 106 cm³/mol. The molecule has 0 aliphatic rings. The SMILES string of the molecule is CCc1ccccc1N(CC(=O)Nc1ccc(I)cc1)S(C)(=O)=O. The molecule has 0 saturated carbocycles. The number of nitrogens with zero attached hydrogens (tertiary/aromatic N) is 1. The Balaban J connectivity index is 2.23. The lowest BCUT2D eigenvalue weighted by Crippen LogP contribution is -2.38. The number of halogens is 1. The molecule has 0 saturated heterocycles. The van der Waals surface area contributed by atoms with Crippen molar-refractivity contribution in [3.63, 3.8) is 0 Å². The van der Waals surface area contributed by atoms with Crippen LogP contribution in [0.2, 0.25) is 0 Å². The Morgan fingerprint density at radius 2 is 1.75 bits per heavy atom. The molecule has 0 aliphatic heterocycles. The molecule has 2 rings (SSSR count). The molecule has 2 aromatic rings. The van der Waals surface area contributed by atoms with E-state index in [-0.39, 0.29) is 12.5 Å². The second-order valence-corrected chi connectivity index (χ2v) is 8.46. The Kier molecular flexibility index (Phi) is 6.22. The minimum absolute atomic E-state index is 0.262. The maximum Gasteiger partial charge on any atom is 0.245 e. The van der Waals surface area contributed by atoms with Gasteiger partial charge >= 0.3 is 0 Å². The third-order valence-electron chi connectivity index (χ3n) is 3.46. The van der Waals surface area contributed by atoms with Gasteiger partial charge in [0.1, 0.15) is 6.54 Å². The van der Waals surface area contributed by atoms with Crippen LogP contribution in [0.3, 0.4) is 0 Å². The number of anilines is 2. The highest BCUT2D eigenvalue weighted by atomic mass is 127. The number of aryl methyl sites for hydroxylation is 1. The van der Waals surface area contributed by atoms with Gasteiger partial charge in [0.05, 0.1) is 11.9 Å². The van der Waals surface area contributed by atoms with Gasteiger partial charge in [-0.05, 0) is 64.9 Å². The van der Waals surface area contributed by atoms with Crippen LogP contribution in [0, 0.1) is 3.57 Å². The second kappa shape index (κ2) is 7.98. The summed E-state index contributed by atoms with van der Waals surface area (Å²) in [6, 6.07) is 14.5. The summed E-state index contributed by atoms with van der Waals surface area (Å²) in [7, 11) is -3.57. The van der Waals surface area contributed by atoms with Crippen LogP contribution >= 0.6 is 22.6 Å². The lowest BCUT2D eigenvalue weighted by molar-refractivity contribution is -0.114. The summed E-state index contributed by atoms with van der Waals surface area (Å²) in [5.41, 5.74) is 2.06. The number of rotatable bonds is 6. The van der Waals surface area contributed by atoms with Crippen LogP contribution in [-0.2, 0) is 21.2 Å². The van der Waals surface area contributed by atoms with E-state index in [0.717, 1.165) is 19.7 Å². The average Bonchev–Trinajstić information content (AvgIpc) is 2.54. The zero-order chi connectivity index (χ0) is 17.7. The van der Waals surface area contributed by atoms with Crippen molar-refractivity contribution in [1.29, 1.82) is 0 Å². The number of nitrogens with one attached hydrogen (secondary N) is 1.